The van der Waals surface area contributed by atoms with Gasteiger partial charge in [-0.2, -0.15) is 0 Å². The van der Waals surface area contributed by atoms with E-state index < -0.39 is 0 Å². The van der Waals surface area contributed by atoms with E-state index >= 15 is 0 Å². The molecule has 3 heteroatoms. The molecule has 0 saturated heterocycles. The number of H-pyrrole nitrogens is 1. The van der Waals surface area contributed by atoms with Crippen LogP contribution < -0.4 is 0 Å². The van der Waals surface area contributed by atoms with Gasteiger partial charge in [0.15, 0.2) is 0 Å². The Labute approximate surface area is 87.6 Å². The first-order chi connectivity index (χ1) is 6.66. The smallest absolute Gasteiger partial charge is 0.266 e. The van der Waals surface area contributed by atoms with Crippen molar-refractivity contribution in [1.82, 2.24) is 4.98 Å². The molecule has 0 aliphatic heterocycles. The van der Waals surface area contributed by atoms with Crippen molar-refractivity contribution in [2.24, 2.45) is 0 Å². The Balaban J connectivity index is 2.52. The summed E-state index contributed by atoms with van der Waals surface area (Å²) in [7, 11) is 0. The summed E-state index contributed by atoms with van der Waals surface area (Å²) < 4.78 is 5.05. The molecule has 2 aromatic rings. The average Bonchev–Trinajstić information content (AvgIpc) is 2.57. The lowest BCUT2D eigenvalue weighted by molar-refractivity contribution is 0.541. The molecule has 0 bridgehead atoms. The number of oxazole rings is 1. The van der Waals surface area contributed by atoms with E-state index in [-0.39, 0.29) is 0 Å². The van der Waals surface area contributed by atoms with Gasteiger partial charge in [-0.25, -0.2) is 0 Å². The number of aromatic amines is 1. The number of rotatable bonds is 1. The zero-order chi connectivity index (χ0) is 10.1. The maximum Gasteiger partial charge on any atom is 0.266 e. The fourth-order valence-electron chi connectivity index (χ4n) is 1.33. The first-order valence-corrected chi connectivity index (χ1v) is 4.83. The molecule has 72 valence electrons. The lowest BCUT2D eigenvalue weighted by atomic mass is 10.1. The Morgan fingerprint density at radius 1 is 1.21 bits per heavy atom. The van der Waals surface area contributed by atoms with Crippen LogP contribution in [-0.4, -0.2) is 4.98 Å². The van der Waals surface area contributed by atoms with Crippen LogP contribution in [0.5, 0.6) is 0 Å². The quantitative estimate of drug-likeness (QED) is 0.720. The fourth-order valence-corrected chi connectivity index (χ4v) is 1.49. The van der Waals surface area contributed by atoms with Crippen LogP contribution in [0.25, 0.3) is 11.3 Å². The molecule has 1 heterocycles. The maximum absolute atomic E-state index is 5.05. The maximum atomic E-state index is 5.05. The van der Waals surface area contributed by atoms with Crippen molar-refractivity contribution in [3.05, 3.63) is 40.4 Å². The Kier molecular flexibility index (Phi) is 2.25. The van der Waals surface area contributed by atoms with Crippen molar-refractivity contribution >= 4 is 12.2 Å². The van der Waals surface area contributed by atoms with E-state index in [2.05, 4.69) is 37.0 Å². The normalized spacial score (nSPS) is 10.4. The lowest BCUT2D eigenvalue weighted by Crippen LogP contribution is -1.83. The average molecular weight is 205 g/mol. The number of hydrogen-bond donors (Lipinski definition) is 1. The van der Waals surface area contributed by atoms with E-state index in [9.17, 15) is 0 Å². The van der Waals surface area contributed by atoms with E-state index in [0.717, 1.165) is 11.3 Å². The van der Waals surface area contributed by atoms with Crippen molar-refractivity contribution in [2.75, 3.05) is 0 Å². The molecular weight excluding hydrogens is 194 g/mol. The molecule has 1 aromatic heterocycles. The summed E-state index contributed by atoms with van der Waals surface area (Å²) in [4.78, 5) is 3.40. The fraction of sp³-hybridized carbons (Fsp3) is 0.182. The monoisotopic (exact) mass is 205 g/mol. The molecule has 14 heavy (non-hydrogen) atoms. The van der Waals surface area contributed by atoms with Gasteiger partial charge in [0.05, 0.1) is 5.69 Å². The number of aryl methyl sites for hydroxylation is 2. The first kappa shape index (κ1) is 9.21. The largest absolute Gasteiger partial charge is 0.437 e. The summed E-state index contributed by atoms with van der Waals surface area (Å²) in [5.74, 6) is 0. The Hall–Kier alpha value is -1.35. The van der Waals surface area contributed by atoms with Gasteiger partial charge in [0.2, 0.25) is 0 Å². The van der Waals surface area contributed by atoms with Crippen LogP contribution in [0, 0.1) is 18.7 Å². The van der Waals surface area contributed by atoms with Crippen molar-refractivity contribution in [3.63, 3.8) is 0 Å². The predicted octanol–water partition coefficient (Wildman–Crippen LogP) is 3.62. The molecule has 2 rings (SSSR count). The lowest BCUT2D eigenvalue weighted by Gasteiger charge is -2.01. The highest BCUT2D eigenvalue weighted by molar-refractivity contribution is 7.71. The molecule has 0 saturated carbocycles. The highest BCUT2D eigenvalue weighted by atomic mass is 32.1. The van der Waals surface area contributed by atoms with E-state index in [1.165, 1.54) is 11.1 Å². The Bertz CT molecular complexity index is 510. The van der Waals surface area contributed by atoms with Crippen LogP contribution in [0.2, 0.25) is 0 Å². The van der Waals surface area contributed by atoms with Crippen LogP contribution in [0.15, 0.2) is 28.9 Å². The molecule has 0 amide bonds. The zero-order valence-electron chi connectivity index (χ0n) is 8.13. The van der Waals surface area contributed by atoms with Crippen LogP contribution in [0.4, 0.5) is 0 Å². The third-order valence-electron chi connectivity index (χ3n) is 2.34. The van der Waals surface area contributed by atoms with Crippen molar-refractivity contribution in [1.29, 1.82) is 0 Å². The van der Waals surface area contributed by atoms with E-state index in [0.29, 0.717) is 4.84 Å². The minimum Gasteiger partial charge on any atom is -0.437 e. The zero-order valence-corrected chi connectivity index (χ0v) is 8.94. The summed E-state index contributed by atoms with van der Waals surface area (Å²) in [6.45, 7) is 4.18. The van der Waals surface area contributed by atoms with Crippen molar-refractivity contribution < 1.29 is 4.42 Å². The summed E-state index contributed by atoms with van der Waals surface area (Å²) in [6, 6.07) is 6.26. The third-order valence-corrected chi connectivity index (χ3v) is 2.54. The molecule has 0 fully saturated rings. The van der Waals surface area contributed by atoms with E-state index in [1.54, 1.807) is 6.26 Å². The Morgan fingerprint density at radius 3 is 2.57 bits per heavy atom. The molecule has 2 nitrogen and oxygen atoms in total. The van der Waals surface area contributed by atoms with Gasteiger partial charge in [0, 0.05) is 5.56 Å². The van der Waals surface area contributed by atoms with Crippen LogP contribution >= 0.6 is 12.2 Å². The summed E-state index contributed by atoms with van der Waals surface area (Å²) in [5, 5.41) is 0. The van der Waals surface area contributed by atoms with Crippen LogP contribution in [0.1, 0.15) is 11.1 Å². The second-order valence-corrected chi connectivity index (χ2v) is 3.73. The van der Waals surface area contributed by atoms with E-state index in [1.807, 2.05) is 0 Å². The molecular formula is C11H11NOS. The van der Waals surface area contributed by atoms with Gasteiger partial charge in [0.25, 0.3) is 4.84 Å². The highest BCUT2D eigenvalue weighted by Gasteiger charge is 2.01. The molecule has 0 aliphatic carbocycles. The molecule has 0 aliphatic rings. The summed E-state index contributed by atoms with van der Waals surface area (Å²) in [6.07, 6.45) is 1.65. The van der Waals surface area contributed by atoms with Gasteiger partial charge in [-0.05, 0) is 43.3 Å². The molecule has 0 atom stereocenters. The van der Waals surface area contributed by atoms with Gasteiger partial charge >= 0.3 is 0 Å². The second-order valence-electron chi connectivity index (χ2n) is 3.36. The number of nitrogens with one attached hydrogen (secondary N) is 1. The number of hydrogen-bond acceptors (Lipinski definition) is 2. The van der Waals surface area contributed by atoms with Gasteiger partial charge in [0.1, 0.15) is 6.26 Å². The van der Waals surface area contributed by atoms with Gasteiger partial charge in [-0.3, -0.25) is 0 Å². The van der Waals surface area contributed by atoms with Crippen LogP contribution in [0.3, 0.4) is 0 Å². The van der Waals surface area contributed by atoms with Crippen LogP contribution in [-0.2, 0) is 0 Å². The SMILES string of the molecule is Cc1ccc(-c2coc(=S)[nH]2)cc1C. The summed E-state index contributed by atoms with van der Waals surface area (Å²) >= 11 is 4.87. The minimum atomic E-state index is 0.415. The van der Waals surface area contributed by atoms with Crippen molar-refractivity contribution in [3.8, 4) is 11.3 Å². The second kappa shape index (κ2) is 3.42. The standard InChI is InChI=1S/C11H11NOS/c1-7-3-4-9(5-8(7)2)10-6-13-11(14)12-10/h3-6H,1-2H3,(H,12,14). The number of aromatic nitrogens is 1. The van der Waals surface area contributed by atoms with Gasteiger partial charge in [-0.15, -0.1) is 0 Å². The van der Waals surface area contributed by atoms with Crippen molar-refractivity contribution in [2.45, 2.75) is 13.8 Å². The topological polar surface area (TPSA) is 28.9 Å². The molecule has 1 aromatic carbocycles. The third kappa shape index (κ3) is 1.63. The summed E-state index contributed by atoms with van der Waals surface area (Å²) in [5.41, 5.74) is 4.59. The molecule has 0 spiro atoms. The van der Waals surface area contributed by atoms with Gasteiger partial charge in [-0.1, -0.05) is 12.1 Å². The Morgan fingerprint density at radius 2 is 2.00 bits per heavy atom. The number of benzene rings is 1. The van der Waals surface area contributed by atoms with Gasteiger partial charge < -0.3 is 9.40 Å². The molecule has 1 N–H and O–H groups in total. The van der Waals surface area contributed by atoms with E-state index in [4.69, 9.17) is 16.6 Å². The highest BCUT2D eigenvalue weighted by Crippen LogP contribution is 2.20. The molecule has 0 unspecified atom stereocenters. The molecule has 0 radical (unpaired) electrons. The first-order valence-electron chi connectivity index (χ1n) is 4.42. The predicted molar refractivity (Wildman–Crippen MR) is 58.8 cm³/mol. The minimum absolute atomic E-state index is 0.415.